The highest BCUT2D eigenvalue weighted by atomic mass is 35.5. The van der Waals surface area contributed by atoms with Gasteiger partial charge in [-0.15, -0.1) is 0 Å². The summed E-state index contributed by atoms with van der Waals surface area (Å²) in [5.74, 6) is -0.149. The average molecular weight is 299 g/mol. The quantitative estimate of drug-likeness (QED) is 0.708. The van der Waals surface area contributed by atoms with E-state index in [4.69, 9.17) is 11.6 Å². The highest BCUT2D eigenvalue weighted by molar-refractivity contribution is 6.30. The summed E-state index contributed by atoms with van der Waals surface area (Å²) in [6.07, 6.45) is 0. The van der Waals surface area contributed by atoms with Crippen LogP contribution >= 0.6 is 11.6 Å². The third-order valence-corrected chi connectivity index (χ3v) is 3.79. The lowest BCUT2D eigenvalue weighted by Gasteiger charge is -2.04. The normalized spacial score (nSPS) is 10.8. The maximum atomic E-state index is 12.4. The van der Waals surface area contributed by atoms with Crippen LogP contribution in [0.25, 0.3) is 10.9 Å². The number of nitrogens with one attached hydrogen (secondary N) is 2. The molecule has 2 N–H and O–H groups in total. The van der Waals surface area contributed by atoms with Crippen molar-refractivity contribution in [3.05, 3.63) is 64.3 Å². The van der Waals surface area contributed by atoms with Gasteiger partial charge < -0.3 is 10.3 Å². The second-order valence-corrected chi connectivity index (χ2v) is 5.57. The lowest BCUT2D eigenvalue weighted by atomic mass is 10.1. The maximum absolute atomic E-state index is 12.4. The molecule has 0 aliphatic carbocycles. The Morgan fingerprint density at radius 2 is 1.81 bits per heavy atom. The molecule has 0 aliphatic heterocycles. The fourth-order valence-electron chi connectivity index (χ4n) is 2.39. The zero-order chi connectivity index (χ0) is 15.0. The second kappa shape index (κ2) is 5.26. The molecule has 0 unspecified atom stereocenters. The van der Waals surface area contributed by atoms with Crippen LogP contribution in [0.3, 0.4) is 0 Å². The number of benzene rings is 2. The van der Waals surface area contributed by atoms with Gasteiger partial charge in [0.2, 0.25) is 0 Å². The fraction of sp³-hybridized carbons (Fsp3) is 0.118. The zero-order valence-electron chi connectivity index (χ0n) is 11.8. The van der Waals surface area contributed by atoms with E-state index in [1.165, 1.54) is 5.56 Å². The Morgan fingerprint density at radius 3 is 2.52 bits per heavy atom. The number of aromatic amines is 1. The van der Waals surface area contributed by atoms with Gasteiger partial charge in [-0.25, -0.2) is 0 Å². The number of amides is 1. The summed E-state index contributed by atoms with van der Waals surface area (Å²) < 4.78 is 0. The molecule has 0 spiro atoms. The Bertz CT molecular complexity index is 819. The third kappa shape index (κ3) is 2.65. The van der Waals surface area contributed by atoms with Crippen LogP contribution < -0.4 is 5.32 Å². The van der Waals surface area contributed by atoms with E-state index in [1.54, 1.807) is 24.3 Å². The summed E-state index contributed by atoms with van der Waals surface area (Å²) >= 11 is 5.84. The van der Waals surface area contributed by atoms with E-state index in [-0.39, 0.29) is 5.91 Å². The molecule has 0 atom stereocenters. The molecule has 3 rings (SSSR count). The lowest BCUT2D eigenvalue weighted by molar-refractivity contribution is 0.102. The van der Waals surface area contributed by atoms with Crippen LogP contribution in [0.5, 0.6) is 0 Å². The molecule has 1 heterocycles. The Kier molecular flexibility index (Phi) is 3.43. The van der Waals surface area contributed by atoms with Crippen LogP contribution in [0.1, 0.15) is 21.6 Å². The van der Waals surface area contributed by atoms with Gasteiger partial charge in [0.05, 0.1) is 0 Å². The number of aromatic nitrogens is 1. The predicted octanol–water partition coefficient (Wildman–Crippen LogP) is 4.69. The third-order valence-electron chi connectivity index (χ3n) is 3.54. The standard InChI is InChI=1S/C17H15ClN2O/c1-10-3-8-15-14(9-10)11(2)16(20-15)17(21)19-13-6-4-12(18)5-7-13/h3-9,20H,1-2H3,(H,19,21). The fourth-order valence-corrected chi connectivity index (χ4v) is 2.52. The summed E-state index contributed by atoms with van der Waals surface area (Å²) in [6, 6.07) is 13.2. The summed E-state index contributed by atoms with van der Waals surface area (Å²) in [5, 5.41) is 4.60. The van der Waals surface area contributed by atoms with Gasteiger partial charge in [0.15, 0.2) is 0 Å². The van der Waals surface area contributed by atoms with Crippen LogP contribution in [0.4, 0.5) is 5.69 Å². The highest BCUT2D eigenvalue weighted by Crippen LogP contribution is 2.24. The molecule has 0 fully saturated rings. The predicted molar refractivity (Wildman–Crippen MR) is 87.2 cm³/mol. The first-order valence-corrected chi connectivity index (χ1v) is 7.08. The zero-order valence-corrected chi connectivity index (χ0v) is 12.6. The van der Waals surface area contributed by atoms with E-state index in [1.807, 2.05) is 26.0 Å². The minimum atomic E-state index is -0.149. The van der Waals surface area contributed by atoms with Crippen LogP contribution in [0.2, 0.25) is 5.02 Å². The number of anilines is 1. The van der Waals surface area contributed by atoms with Crippen molar-refractivity contribution < 1.29 is 4.79 Å². The number of hydrogen-bond acceptors (Lipinski definition) is 1. The maximum Gasteiger partial charge on any atom is 0.272 e. The molecule has 21 heavy (non-hydrogen) atoms. The van der Waals surface area contributed by atoms with E-state index < -0.39 is 0 Å². The Labute approximate surface area is 127 Å². The average Bonchev–Trinajstić information content (AvgIpc) is 2.79. The summed E-state index contributed by atoms with van der Waals surface area (Å²) in [5.41, 5.74) is 4.41. The molecular formula is C17H15ClN2O. The van der Waals surface area contributed by atoms with Gasteiger partial charge in [-0.1, -0.05) is 23.2 Å². The van der Waals surface area contributed by atoms with Crippen molar-refractivity contribution >= 4 is 34.1 Å². The van der Waals surface area contributed by atoms with E-state index in [0.29, 0.717) is 10.7 Å². The van der Waals surface area contributed by atoms with Crippen molar-refractivity contribution in [2.24, 2.45) is 0 Å². The molecule has 0 aliphatic rings. The summed E-state index contributed by atoms with van der Waals surface area (Å²) in [7, 11) is 0. The van der Waals surface area contributed by atoms with Gasteiger partial charge in [-0.2, -0.15) is 0 Å². The van der Waals surface area contributed by atoms with Gasteiger partial charge in [0, 0.05) is 21.6 Å². The second-order valence-electron chi connectivity index (χ2n) is 5.14. The topological polar surface area (TPSA) is 44.9 Å². The molecule has 0 saturated carbocycles. The molecule has 4 heteroatoms. The van der Waals surface area contributed by atoms with Gasteiger partial charge >= 0.3 is 0 Å². The van der Waals surface area contributed by atoms with Crippen molar-refractivity contribution in [3.63, 3.8) is 0 Å². The van der Waals surface area contributed by atoms with E-state index in [0.717, 1.165) is 22.2 Å². The molecule has 3 aromatic rings. The van der Waals surface area contributed by atoms with Crippen molar-refractivity contribution in [1.29, 1.82) is 0 Å². The van der Waals surface area contributed by atoms with Crippen LogP contribution in [-0.4, -0.2) is 10.9 Å². The smallest absolute Gasteiger partial charge is 0.272 e. The number of hydrogen-bond donors (Lipinski definition) is 2. The molecule has 0 saturated heterocycles. The van der Waals surface area contributed by atoms with Gasteiger partial charge in [-0.3, -0.25) is 4.79 Å². The van der Waals surface area contributed by atoms with E-state index in [2.05, 4.69) is 16.4 Å². The monoisotopic (exact) mass is 298 g/mol. The first-order chi connectivity index (χ1) is 10.0. The largest absolute Gasteiger partial charge is 0.350 e. The molecule has 3 nitrogen and oxygen atoms in total. The molecule has 1 amide bonds. The van der Waals surface area contributed by atoms with E-state index >= 15 is 0 Å². The minimum Gasteiger partial charge on any atom is -0.350 e. The minimum absolute atomic E-state index is 0.149. The number of H-pyrrole nitrogens is 1. The van der Waals surface area contributed by atoms with Gasteiger partial charge in [0.25, 0.3) is 5.91 Å². The Balaban J connectivity index is 1.94. The molecule has 0 radical (unpaired) electrons. The van der Waals surface area contributed by atoms with Crippen molar-refractivity contribution in [2.75, 3.05) is 5.32 Å². The number of rotatable bonds is 2. The first kappa shape index (κ1) is 13.7. The number of carbonyl (C=O) groups excluding carboxylic acids is 1. The Morgan fingerprint density at radius 1 is 1.10 bits per heavy atom. The molecule has 106 valence electrons. The van der Waals surface area contributed by atoms with Crippen molar-refractivity contribution in [1.82, 2.24) is 4.98 Å². The van der Waals surface area contributed by atoms with Crippen molar-refractivity contribution in [2.45, 2.75) is 13.8 Å². The number of aryl methyl sites for hydroxylation is 2. The van der Waals surface area contributed by atoms with Crippen LogP contribution in [0, 0.1) is 13.8 Å². The SMILES string of the molecule is Cc1ccc2[nH]c(C(=O)Nc3ccc(Cl)cc3)c(C)c2c1. The number of halogens is 1. The van der Waals surface area contributed by atoms with Crippen LogP contribution in [0.15, 0.2) is 42.5 Å². The highest BCUT2D eigenvalue weighted by Gasteiger charge is 2.14. The molecule has 1 aromatic heterocycles. The number of fused-ring (bicyclic) bond motifs is 1. The number of carbonyl (C=O) groups is 1. The first-order valence-electron chi connectivity index (χ1n) is 6.70. The Hall–Kier alpha value is -2.26. The molecule has 2 aromatic carbocycles. The van der Waals surface area contributed by atoms with Crippen LogP contribution in [-0.2, 0) is 0 Å². The van der Waals surface area contributed by atoms with E-state index in [9.17, 15) is 4.79 Å². The van der Waals surface area contributed by atoms with Gasteiger partial charge in [-0.05, 0) is 55.8 Å². The molecule has 0 bridgehead atoms. The summed E-state index contributed by atoms with van der Waals surface area (Å²) in [6.45, 7) is 3.99. The molecular weight excluding hydrogens is 284 g/mol. The van der Waals surface area contributed by atoms with Crippen molar-refractivity contribution in [3.8, 4) is 0 Å². The lowest BCUT2D eigenvalue weighted by Crippen LogP contribution is -2.13. The summed E-state index contributed by atoms with van der Waals surface area (Å²) in [4.78, 5) is 15.6. The van der Waals surface area contributed by atoms with Gasteiger partial charge in [0.1, 0.15) is 5.69 Å².